The molecule has 3 saturated carbocycles. The van der Waals surface area contributed by atoms with Crippen molar-refractivity contribution < 1.29 is 9.90 Å². The van der Waals surface area contributed by atoms with Crippen LogP contribution in [0.3, 0.4) is 0 Å². The SMILES string of the molecule is CC(=O)C1CCC2C3CCC(CCO)CC3CC[C@]12C. The van der Waals surface area contributed by atoms with Crippen molar-refractivity contribution in [2.45, 2.75) is 65.2 Å². The monoisotopic (exact) mass is 278 g/mol. The highest BCUT2D eigenvalue weighted by atomic mass is 16.3. The molecule has 1 N–H and O–H groups in total. The summed E-state index contributed by atoms with van der Waals surface area (Å²) in [6, 6.07) is 0. The summed E-state index contributed by atoms with van der Waals surface area (Å²) >= 11 is 0. The predicted molar refractivity (Wildman–Crippen MR) is 80.3 cm³/mol. The normalized spacial score (nSPS) is 47.6. The average molecular weight is 278 g/mol. The van der Waals surface area contributed by atoms with Crippen LogP contribution in [0.15, 0.2) is 0 Å². The number of hydrogen-bond acceptors (Lipinski definition) is 2. The maximum absolute atomic E-state index is 12.0. The summed E-state index contributed by atoms with van der Waals surface area (Å²) in [6.45, 7) is 4.57. The number of hydrogen-bond donors (Lipinski definition) is 1. The molecule has 0 aromatic rings. The topological polar surface area (TPSA) is 37.3 Å². The molecule has 0 amide bonds. The summed E-state index contributed by atoms with van der Waals surface area (Å²) in [7, 11) is 0. The predicted octanol–water partition coefficient (Wildman–Crippen LogP) is 3.82. The fourth-order valence-corrected chi connectivity index (χ4v) is 6.18. The van der Waals surface area contributed by atoms with E-state index in [0.717, 1.165) is 36.5 Å². The van der Waals surface area contributed by atoms with E-state index < -0.39 is 0 Å². The first-order valence-electron chi connectivity index (χ1n) is 8.67. The Morgan fingerprint density at radius 2 is 2.00 bits per heavy atom. The van der Waals surface area contributed by atoms with Gasteiger partial charge in [0, 0.05) is 12.5 Å². The van der Waals surface area contributed by atoms with Crippen molar-refractivity contribution in [3.05, 3.63) is 0 Å². The van der Waals surface area contributed by atoms with E-state index in [-0.39, 0.29) is 0 Å². The third-order valence-electron chi connectivity index (χ3n) is 7.16. The number of aliphatic hydroxyl groups is 1. The zero-order chi connectivity index (χ0) is 14.3. The van der Waals surface area contributed by atoms with Crippen LogP contribution in [0.2, 0.25) is 0 Å². The van der Waals surface area contributed by atoms with Gasteiger partial charge in [-0.3, -0.25) is 4.79 Å². The standard InChI is InChI=1S/C18H30O2/c1-12(20)16-5-6-17-15-4-3-13(8-10-19)11-14(15)7-9-18(16,17)2/h13-17,19H,3-11H2,1-2H3/t13?,14?,15?,16?,17?,18-/m1/s1. The summed E-state index contributed by atoms with van der Waals surface area (Å²) in [5, 5.41) is 9.16. The summed E-state index contributed by atoms with van der Waals surface area (Å²) in [5.74, 6) is 4.07. The Bertz CT molecular complexity index is 378. The summed E-state index contributed by atoms with van der Waals surface area (Å²) in [4.78, 5) is 12.0. The van der Waals surface area contributed by atoms with E-state index in [4.69, 9.17) is 5.11 Å². The van der Waals surface area contributed by atoms with Crippen LogP contribution in [0, 0.1) is 35.0 Å². The van der Waals surface area contributed by atoms with Crippen LogP contribution in [-0.2, 0) is 4.79 Å². The highest BCUT2D eigenvalue weighted by Crippen LogP contribution is 2.62. The third kappa shape index (κ3) is 2.24. The summed E-state index contributed by atoms with van der Waals surface area (Å²) < 4.78 is 0. The highest BCUT2D eigenvalue weighted by molar-refractivity contribution is 5.79. The minimum atomic E-state index is 0.302. The second-order valence-corrected chi connectivity index (χ2v) is 8.01. The smallest absolute Gasteiger partial charge is 0.133 e. The van der Waals surface area contributed by atoms with Crippen LogP contribution in [0.5, 0.6) is 0 Å². The molecule has 3 rings (SSSR count). The van der Waals surface area contributed by atoms with Crippen LogP contribution < -0.4 is 0 Å². The first kappa shape index (κ1) is 14.6. The van der Waals surface area contributed by atoms with Gasteiger partial charge < -0.3 is 5.11 Å². The van der Waals surface area contributed by atoms with Crippen molar-refractivity contribution in [1.82, 2.24) is 0 Å². The Morgan fingerprint density at radius 3 is 2.70 bits per heavy atom. The van der Waals surface area contributed by atoms with E-state index in [2.05, 4.69) is 6.92 Å². The Morgan fingerprint density at radius 1 is 1.20 bits per heavy atom. The lowest BCUT2D eigenvalue weighted by atomic mass is 9.53. The Labute approximate surface area is 123 Å². The van der Waals surface area contributed by atoms with Crippen LogP contribution >= 0.6 is 0 Å². The van der Waals surface area contributed by atoms with E-state index in [1.165, 1.54) is 38.5 Å². The van der Waals surface area contributed by atoms with Gasteiger partial charge >= 0.3 is 0 Å². The van der Waals surface area contributed by atoms with E-state index in [1.54, 1.807) is 0 Å². The molecule has 20 heavy (non-hydrogen) atoms. The van der Waals surface area contributed by atoms with Crippen molar-refractivity contribution in [2.24, 2.45) is 35.0 Å². The van der Waals surface area contributed by atoms with Gasteiger partial charge in [0.2, 0.25) is 0 Å². The van der Waals surface area contributed by atoms with Crippen molar-refractivity contribution in [2.75, 3.05) is 6.61 Å². The van der Waals surface area contributed by atoms with Crippen LogP contribution in [-0.4, -0.2) is 17.5 Å². The molecule has 6 atom stereocenters. The van der Waals surface area contributed by atoms with E-state index in [9.17, 15) is 4.79 Å². The molecule has 3 fully saturated rings. The lowest BCUT2D eigenvalue weighted by Gasteiger charge is -2.51. The van der Waals surface area contributed by atoms with Crippen LogP contribution in [0.25, 0.3) is 0 Å². The van der Waals surface area contributed by atoms with Gasteiger partial charge in [-0.15, -0.1) is 0 Å². The average Bonchev–Trinajstić information content (AvgIpc) is 2.77. The molecule has 0 aromatic carbocycles. The Kier molecular flexibility index (Phi) is 3.96. The van der Waals surface area contributed by atoms with Gasteiger partial charge in [0.15, 0.2) is 0 Å². The quantitative estimate of drug-likeness (QED) is 0.852. The fraction of sp³-hybridized carbons (Fsp3) is 0.944. The second kappa shape index (κ2) is 5.44. The number of fused-ring (bicyclic) bond motifs is 3. The molecule has 0 heterocycles. The van der Waals surface area contributed by atoms with Crippen molar-refractivity contribution in [1.29, 1.82) is 0 Å². The molecule has 3 aliphatic carbocycles. The van der Waals surface area contributed by atoms with Gasteiger partial charge in [-0.05, 0) is 81.0 Å². The summed E-state index contributed by atoms with van der Waals surface area (Å²) in [5.41, 5.74) is 0.302. The zero-order valence-electron chi connectivity index (χ0n) is 13.1. The molecule has 5 unspecified atom stereocenters. The van der Waals surface area contributed by atoms with E-state index >= 15 is 0 Å². The van der Waals surface area contributed by atoms with Crippen LogP contribution in [0.1, 0.15) is 65.2 Å². The number of Topliss-reactive ketones (excluding diaryl/α,β-unsaturated/α-hetero) is 1. The lowest BCUT2D eigenvalue weighted by molar-refractivity contribution is -0.126. The number of carbonyl (C=O) groups excluding carboxylic acids is 1. The zero-order valence-corrected chi connectivity index (χ0v) is 13.1. The van der Waals surface area contributed by atoms with Gasteiger partial charge in [0.1, 0.15) is 5.78 Å². The Hall–Kier alpha value is -0.370. The molecule has 2 heteroatoms. The molecule has 3 aliphatic rings. The van der Waals surface area contributed by atoms with E-state index in [0.29, 0.717) is 23.7 Å². The number of ketones is 1. The van der Waals surface area contributed by atoms with Gasteiger partial charge in [-0.2, -0.15) is 0 Å². The fourth-order valence-electron chi connectivity index (χ4n) is 6.18. The van der Waals surface area contributed by atoms with Crippen molar-refractivity contribution in [3.63, 3.8) is 0 Å². The lowest BCUT2D eigenvalue weighted by Crippen LogP contribution is -2.45. The first-order chi connectivity index (χ1) is 9.56. The van der Waals surface area contributed by atoms with Gasteiger partial charge in [0.25, 0.3) is 0 Å². The van der Waals surface area contributed by atoms with Gasteiger partial charge in [0.05, 0.1) is 0 Å². The highest BCUT2D eigenvalue weighted by Gasteiger charge is 2.55. The molecule has 0 spiro atoms. The van der Waals surface area contributed by atoms with Crippen molar-refractivity contribution in [3.8, 4) is 0 Å². The van der Waals surface area contributed by atoms with Gasteiger partial charge in [-0.1, -0.05) is 13.3 Å². The first-order valence-corrected chi connectivity index (χ1v) is 8.67. The minimum absolute atomic E-state index is 0.302. The largest absolute Gasteiger partial charge is 0.396 e. The van der Waals surface area contributed by atoms with E-state index in [1.807, 2.05) is 6.92 Å². The van der Waals surface area contributed by atoms with Gasteiger partial charge in [-0.25, -0.2) is 0 Å². The van der Waals surface area contributed by atoms with Crippen LogP contribution in [0.4, 0.5) is 0 Å². The Balaban J connectivity index is 1.73. The molecule has 0 aromatic heterocycles. The molecule has 0 aliphatic heterocycles. The molecule has 0 saturated heterocycles. The molecule has 0 bridgehead atoms. The number of aliphatic hydroxyl groups excluding tert-OH is 1. The van der Waals surface area contributed by atoms with Crippen molar-refractivity contribution >= 4 is 5.78 Å². The molecule has 114 valence electrons. The maximum atomic E-state index is 12.0. The molecular formula is C18H30O2. The molecular weight excluding hydrogens is 248 g/mol. The number of carbonyl (C=O) groups is 1. The second-order valence-electron chi connectivity index (χ2n) is 8.01. The number of rotatable bonds is 3. The molecule has 2 nitrogen and oxygen atoms in total. The minimum Gasteiger partial charge on any atom is -0.396 e. The third-order valence-corrected chi connectivity index (χ3v) is 7.16. The summed E-state index contributed by atoms with van der Waals surface area (Å²) in [6.07, 6.45) is 9.99. The molecule has 0 radical (unpaired) electrons. The maximum Gasteiger partial charge on any atom is 0.133 e.